The predicted octanol–water partition coefficient (Wildman–Crippen LogP) is 2.16. The number of rotatable bonds is 0. The second kappa shape index (κ2) is 1.66. The fourth-order valence-electron chi connectivity index (χ4n) is 0.917. The zero-order valence-corrected chi connectivity index (χ0v) is 5.05. The van der Waals surface area contributed by atoms with Gasteiger partial charge in [0.2, 0.25) is 0 Å². The maximum atomic E-state index is 12.5. The van der Waals surface area contributed by atoms with Crippen LogP contribution in [0.4, 0.5) is 4.39 Å². The molecule has 0 spiro atoms. The highest BCUT2D eigenvalue weighted by Crippen LogP contribution is 2.35. The summed E-state index contributed by atoms with van der Waals surface area (Å²) in [6, 6.07) is 0. The fraction of sp³-hybridized carbons (Fsp3) is 1.00. The zero-order valence-electron chi connectivity index (χ0n) is 4.15. The normalized spacial score (nSPS) is 28.3. The highest BCUT2D eigenvalue weighted by Gasteiger charge is 2.28. The van der Waals surface area contributed by atoms with Crippen LogP contribution in [-0.4, -0.2) is 5.00 Å². The van der Waals surface area contributed by atoms with E-state index in [2.05, 4.69) is 12.6 Å². The summed E-state index contributed by atoms with van der Waals surface area (Å²) in [4.78, 5) is 0. The van der Waals surface area contributed by atoms with Crippen LogP contribution in [0.5, 0.6) is 0 Å². The molecule has 0 unspecified atom stereocenters. The van der Waals surface area contributed by atoms with Gasteiger partial charge in [-0.25, -0.2) is 4.39 Å². The molecule has 0 atom stereocenters. The number of halogens is 1. The summed E-state index contributed by atoms with van der Waals surface area (Å²) in [7, 11) is 0. The first-order chi connectivity index (χ1) is 3.21. The molecule has 7 heavy (non-hydrogen) atoms. The molecule has 1 saturated carbocycles. The van der Waals surface area contributed by atoms with E-state index in [1.807, 2.05) is 0 Å². The van der Waals surface area contributed by atoms with Crippen molar-refractivity contribution in [3.63, 3.8) is 0 Å². The van der Waals surface area contributed by atoms with Crippen molar-refractivity contribution in [2.45, 2.75) is 30.7 Å². The fourth-order valence-corrected chi connectivity index (χ4v) is 1.23. The molecule has 1 aliphatic rings. The van der Waals surface area contributed by atoms with Crippen LogP contribution in [0.2, 0.25) is 0 Å². The quantitative estimate of drug-likeness (QED) is 0.465. The Morgan fingerprint density at radius 2 is 1.71 bits per heavy atom. The molecule has 42 valence electrons. The Labute approximate surface area is 48.5 Å². The number of hydrogen-bond donors (Lipinski definition) is 1. The van der Waals surface area contributed by atoms with E-state index in [9.17, 15) is 4.39 Å². The molecule has 0 amide bonds. The van der Waals surface area contributed by atoms with E-state index in [4.69, 9.17) is 0 Å². The molecule has 0 aliphatic heterocycles. The topological polar surface area (TPSA) is 0 Å². The minimum Gasteiger partial charge on any atom is -0.232 e. The zero-order chi connectivity index (χ0) is 5.33. The van der Waals surface area contributed by atoms with E-state index in [0.717, 1.165) is 12.8 Å². The Balaban J connectivity index is 2.40. The van der Waals surface area contributed by atoms with Crippen LogP contribution in [0, 0.1) is 0 Å². The first-order valence-electron chi connectivity index (χ1n) is 2.62. The van der Waals surface area contributed by atoms with Gasteiger partial charge < -0.3 is 0 Å². The summed E-state index contributed by atoms with van der Waals surface area (Å²) in [5.74, 6) is 0. The molecule has 0 aromatic heterocycles. The Hall–Kier alpha value is 0.280. The molecule has 0 aromatic carbocycles. The maximum absolute atomic E-state index is 12.5. The van der Waals surface area contributed by atoms with Gasteiger partial charge in [0.1, 0.15) is 0 Å². The van der Waals surface area contributed by atoms with Gasteiger partial charge in [-0.3, -0.25) is 0 Å². The molecule has 0 nitrogen and oxygen atoms in total. The van der Waals surface area contributed by atoms with Crippen LogP contribution in [0.15, 0.2) is 0 Å². The average molecular weight is 120 g/mol. The third-order valence-corrected chi connectivity index (χ3v) is 1.82. The molecule has 0 N–H and O–H groups in total. The standard InChI is InChI=1S/C5H9FS/c6-5(7)3-1-2-4-5/h7H,1-4H2. The summed E-state index contributed by atoms with van der Waals surface area (Å²) in [6.45, 7) is 0. The van der Waals surface area contributed by atoms with Gasteiger partial charge in [0, 0.05) is 0 Å². The van der Waals surface area contributed by atoms with Crippen LogP contribution in [0.1, 0.15) is 25.7 Å². The minimum atomic E-state index is -1.11. The number of hydrogen-bond acceptors (Lipinski definition) is 1. The highest BCUT2D eigenvalue weighted by atomic mass is 32.1. The largest absolute Gasteiger partial charge is 0.232 e. The average Bonchev–Trinajstić information content (AvgIpc) is 1.84. The van der Waals surface area contributed by atoms with E-state index >= 15 is 0 Å². The van der Waals surface area contributed by atoms with Crippen molar-refractivity contribution in [1.29, 1.82) is 0 Å². The summed E-state index contributed by atoms with van der Waals surface area (Å²) in [6.07, 6.45) is 3.33. The summed E-state index contributed by atoms with van der Waals surface area (Å²) >= 11 is 3.78. The van der Waals surface area contributed by atoms with Crippen molar-refractivity contribution in [2.24, 2.45) is 0 Å². The lowest BCUT2D eigenvalue weighted by Crippen LogP contribution is -2.05. The Morgan fingerprint density at radius 3 is 1.86 bits per heavy atom. The summed E-state index contributed by atoms with van der Waals surface area (Å²) < 4.78 is 12.5. The van der Waals surface area contributed by atoms with Crippen LogP contribution in [0.25, 0.3) is 0 Å². The minimum absolute atomic E-state index is 0.649. The van der Waals surface area contributed by atoms with Crippen LogP contribution >= 0.6 is 12.6 Å². The summed E-state index contributed by atoms with van der Waals surface area (Å²) in [5, 5.41) is -1.11. The first-order valence-corrected chi connectivity index (χ1v) is 3.07. The van der Waals surface area contributed by atoms with Crippen molar-refractivity contribution in [3.8, 4) is 0 Å². The second-order valence-electron chi connectivity index (χ2n) is 2.13. The lowest BCUT2D eigenvalue weighted by atomic mass is 10.3. The van der Waals surface area contributed by atoms with E-state index < -0.39 is 5.00 Å². The molecular weight excluding hydrogens is 111 g/mol. The summed E-state index contributed by atoms with van der Waals surface area (Å²) in [5.41, 5.74) is 0. The van der Waals surface area contributed by atoms with Crippen molar-refractivity contribution in [1.82, 2.24) is 0 Å². The highest BCUT2D eigenvalue weighted by molar-refractivity contribution is 7.81. The predicted molar refractivity (Wildman–Crippen MR) is 31.3 cm³/mol. The smallest absolute Gasteiger partial charge is 0.153 e. The third-order valence-electron chi connectivity index (χ3n) is 1.37. The molecule has 0 heterocycles. The molecule has 0 aromatic rings. The van der Waals surface area contributed by atoms with Crippen LogP contribution in [-0.2, 0) is 0 Å². The first kappa shape index (κ1) is 5.42. The molecule has 0 radical (unpaired) electrons. The second-order valence-corrected chi connectivity index (χ2v) is 2.93. The van der Waals surface area contributed by atoms with E-state index in [-0.39, 0.29) is 0 Å². The van der Waals surface area contributed by atoms with E-state index in [0.29, 0.717) is 12.8 Å². The Kier molecular flexibility index (Phi) is 1.28. The van der Waals surface area contributed by atoms with E-state index in [1.54, 1.807) is 0 Å². The lowest BCUT2D eigenvalue weighted by molar-refractivity contribution is 0.301. The van der Waals surface area contributed by atoms with Gasteiger partial charge >= 0.3 is 0 Å². The van der Waals surface area contributed by atoms with Gasteiger partial charge in [0.15, 0.2) is 5.00 Å². The SMILES string of the molecule is FC1(S)CCCC1. The molecular formula is C5H9FS. The molecule has 1 rings (SSSR count). The lowest BCUT2D eigenvalue weighted by Gasteiger charge is -2.07. The molecule has 1 fully saturated rings. The maximum Gasteiger partial charge on any atom is 0.153 e. The van der Waals surface area contributed by atoms with Crippen molar-refractivity contribution in [3.05, 3.63) is 0 Å². The van der Waals surface area contributed by atoms with E-state index in [1.165, 1.54) is 0 Å². The molecule has 1 aliphatic carbocycles. The van der Waals surface area contributed by atoms with Crippen LogP contribution in [0.3, 0.4) is 0 Å². The van der Waals surface area contributed by atoms with Gasteiger partial charge in [0.25, 0.3) is 0 Å². The molecule has 0 saturated heterocycles. The third kappa shape index (κ3) is 1.34. The van der Waals surface area contributed by atoms with Crippen molar-refractivity contribution in [2.75, 3.05) is 0 Å². The number of alkyl halides is 1. The van der Waals surface area contributed by atoms with Gasteiger partial charge in [-0.05, 0) is 25.7 Å². The van der Waals surface area contributed by atoms with Crippen molar-refractivity contribution >= 4 is 12.6 Å². The van der Waals surface area contributed by atoms with Gasteiger partial charge in [0.05, 0.1) is 0 Å². The van der Waals surface area contributed by atoms with Crippen molar-refractivity contribution < 1.29 is 4.39 Å². The van der Waals surface area contributed by atoms with Gasteiger partial charge in [-0.2, -0.15) is 0 Å². The van der Waals surface area contributed by atoms with Crippen LogP contribution < -0.4 is 0 Å². The van der Waals surface area contributed by atoms with Gasteiger partial charge in [-0.15, -0.1) is 12.6 Å². The van der Waals surface area contributed by atoms with Gasteiger partial charge in [-0.1, -0.05) is 0 Å². The Bertz CT molecular complexity index is 62.5. The Morgan fingerprint density at radius 1 is 1.29 bits per heavy atom. The monoisotopic (exact) mass is 120 g/mol. The number of thiol groups is 1. The molecule has 2 heteroatoms. The molecule has 0 bridgehead atoms.